The minimum Gasteiger partial charge on any atom is -0.350 e. The van der Waals surface area contributed by atoms with Crippen molar-refractivity contribution in [2.75, 3.05) is 13.1 Å². The first-order chi connectivity index (χ1) is 11.7. The van der Waals surface area contributed by atoms with Crippen molar-refractivity contribution in [3.05, 3.63) is 60.2 Å². The van der Waals surface area contributed by atoms with Gasteiger partial charge in [0.1, 0.15) is 0 Å². The fourth-order valence-electron chi connectivity index (χ4n) is 3.96. The molecule has 4 rings (SSSR count). The average Bonchev–Trinajstić information content (AvgIpc) is 2.95. The van der Waals surface area contributed by atoms with Crippen LogP contribution < -0.4 is 5.32 Å². The van der Waals surface area contributed by atoms with E-state index < -0.39 is 0 Å². The molecule has 2 aliphatic heterocycles. The zero-order chi connectivity index (χ0) is 16.4. The number of rotatable bonds is 3. The second-order valence-corrected chi connectivity index (χ2v) is 6.94. The van der Waals surface area contributed by atoms with Gasteiger partial charge < -0.3 is 5.32 Å². The van der Waals surface area contributed by atoms with Crippen molar-refractivity contribution in [1.82, 2.24) is 20.2 Å². The summed E-state index contributed by atoms with van der Waals surface area (Å²) in [4.78, 5) is 23.1. The second kappa shape index (κ2) is 6.32. The number of likely N-dealkylation sites (tertiary alicyclic amines) is 1. The molecule has 0 radical (unpaired) electrons. The number of aromatic nitrogens is 2. The van der Waals surface area contributed by atoms with Gasteiger partial charge in [-0.05, 0) is 54.7 Å². The van der Waals surface area contributed by atoms with Crippen molar-refractivity contribution in [2.45, 2.75) is 37.3 Å². The van der Waals surface area contributed by atoms with Gasteiger partial charge in [-0.1, -0.05) is 0 Å². The molecule has 5 heteroatoms. The molecular formula is C19H22N4O. The molecule has 124 valence electrons. The quantitative estimate of drug-likeness (QED) is 0.940. The van der Waals surface area contributed by atoms with E-state index in [0.717, 1.165) is 44.5 Å². The smallest absolute Gasteiger partial charge is 0.228 e. The number of carbonyl (C=O) groups is 1. The van der Waals surface area contributed by atoms with Crippen molar-refractivity contribution in [1.29, 1.82) is 0 Å². The largest absolute Gasteiger partial charge is 0.350 e. The van der Waals surface area contributed by atoms with E-state index in [2.05, 4.69) is 32.3 Å². The lowest BCUT2D eigenvalue weighted by molar-refractivity contribution is -0.121. The molecule has 1 N–H and O–H groups in total. The molecule has 1 atom stereocenters. The summed E-state index contributed by atoms with van der Waals surface area (Å²) in [6.45, 7) is 3.00. The molecule has 1 spiro atoms. The van der Waals surface area contributed by atoms with Crippen LogP contribution >= 0.6 is 0 Å². The minimum atomic E-state index is -0.0280. The zero-order valence-electron chi connectivity index (χ0n) is 13.7. The highest BCUT2D eigenvalue weighted by Gasteiger charge is 2.46. The monoisotopic (exact) mass is 322 g/mol. The van der Waals surface area contributed by atoms with Crippen LogP contribution in [0.1, 0.15) is 36.3 Å². The molecule has 2 saturated heterocycles. The number of nitrogens with zero attached hydrogens (tertiary/aromatic N) is 3. The van der Waals surface area contributed by atoms with E-state index in [4.69, 9.17) is 0 Å². The molecule has 0 unspecified atom stereocenters. The maximum atomic E-state index is 12.5. The third-order valence-electron chi connectivity index (χ3n) is 5.38. The van der Waals surface area contributed by atoms with Gasteiger partial charge in [0.15, 0.2) is 0 Å². The predicted octanol–water partition coefficient (Wildman–Crippen LogP) is 2.11. The van der Waals surface area contributed by atoms with Crippen LogP contribution in [0.25, 0.3) is 0 Å². The summed E-state index contributed by atoms with van der Waals surface area (Å²) in [5, 5.41) is 3.31. The van der Waals surface area contributed by atoms with Gasteiger partial charge in [-0.2, -0.15) is 0 Å². The molecule has 0 aromatic carbocycles. The molecule has 24 heavy (non-hydrogen) atoms. The van der Waals surface area contributed by atoms with Crippen LogP contribution in [0.15, 0.2) is 49.1 Å². The standard InChI is InChI=1S/C19H22N4O/c24-18-17(16-3-9-21-10-4-16)13-19(22-18)5-11-23(12-6-19)14-15-1-7-20-8-2-15/h1-4,7-10,17H,5-6,11-14H2,(H,22,24)/t17-/m1/s1. The summed E-state index contributed by atoms with van der Waals surface area (Å²) in [6, 6.07) is 8.06. The molecule has 0 saturated carbocycles. The molecule has 1 amide bonds. The van der Waals surface area contributed by atoms with Crippen LogP contribution in [-0.4, -0.2) is 39.4 Å². The Labute approximate surface area is 142 Å². The summed E-state index contributed by atoms with van der Waals surface area (Å²) in [5.41, 5.74) is 2.35. The van der Waals surface area contributed by atoms with Crippen molar-refractivity contribution < 1.29 is 4.79 Å². The van der Waals surface area contributed by atoms with Crippen molar-refractivity contribution in [2.24, 2.45) is 0 Å². The highest BCUT2D eigenvalue weighted by atomic mass is 16.2. The SMILES string of the molecule is O=C1NC2(CCN(Cc3ccncc3)CC2)C[C@@H]1c1ccncc1. The van der Waals surface area contributed by atoms with E-state index in [1.165, 1.54) is 5.56 Å². The summed E-state index contributed by atoms with van der Waals surface area (Å²) in [6.07, 6.45) is 10.2. The Morgan fingerprint density at radius 1 is 1.04 bits per heavy atom. The van der Waals surface area contributed by atoms with Crippen molar-refractivity contribution in [3.63, 3.8) is 0 Å². The Balaban J connectivity index is 1.39. The lowest BCUT2D eigenvalue weighted by Gasteiger charge is -2.39. The number of hydrogen-bond donors (Lipinski definition) is 1. The van der Waals surface area contributed by atoms with Gasteiger partial charge in [0.2, 0.25) is 5.91 Å². The second-order valence-electron chi connectivity index (χ2n) is 6.94. The molecule has 2 aromatic rings. The van der Waals surface area contributed by atoms with Gasteiger partial charge in [0, 0.05) is 50.0 Å². The lowest BCUT2D eigenvalue weighted by Crippen LogP contribution is -2.50. The molecule has 2 aliphatic rings. The average molecular weight is 322 g/mol. The van der Waals surface area contributed by atoms with Gasteiger partial charge in [0.25, 0.3) is 0 Å². The van der Waals surface area contributed by atoms with Crippen LogP contribution in [0, 0.1) is 0 Å². The van der Waals surface area contributed by atoms with E-state index in [1.807, 2.05) is 24.5 Å². The summed E-state index contributed by atoms with van der Waals surface area (Å²) in [7, 11) is 0. The molecule has 0 bridgehead atoms. The first-order valence-corrected chi connectivity index (χ1v) is 8.57. The number of hydrogen-bond acceptors (Lipinski definition) is 4. The molecule has 2 aromatic heterocycles. The third kappa shape index (κ3) is 3.04. The van der Waals surface area contributed by atoms with Crippen LogP contribution in [-0.2, 0) is 11.3 Å². The van der Waals surface area contributed by atoms with Crippen LogP contribution in [0.3, 0.4) is 0 Å². The number of carbonyl (C=O) groups excluding carboxylic acids is 1. The van der Waals surface area contributed by atoms with Crippen LogP contribution in [0.5, 0.6) is 0 Å². The minimum absolute atomic E-state index is 0.0280. The zero-order valence-corrected chi connectivity index (χ0v) is 13.7. The third-order valence-corrected chi connectivity index (χ3v) is 5.38. The molecule has 4 heterocycles. The molecule has 2 fully saturated rings. The summed E-state index contributed by atoms with van der Waals surface area (Å²) in [5.74, 6) is 0.142. The van der Waals surface area contributed by atoms with Crippen molar-refractivity contribution in [3.8, 4) is 0 Å². The normalized spacial score (nSPS) is 23.3. The fraction of sp³-hybridized carbons (Fsp3) is 0.421. The van der Waals surface area contributed by atoms with Gasteiger partial charge in [0.05, 0.1) is 5.92 Å². The van der Waals surface area contributed by atoms with Crippen LogP contribution in [0.2, 0.25) is 0 Å². The lowest BCUT2D eigenvalue weighted by atomic mass is 9.82. The van der Waals surface area contributed by atoms with E-state index in [0.29, 0.717) is 0 Å². The summed E-state index contributed by atoms with van der Waals surface area (Å²) >= 11 is 0. The molecule has 0 aliphatic carbocycles. The Bertz CT molecular complexity index is 696. The first-order valence-electron chi connectivity index (χ1n) is 8.57. The summed E-state index contributed by atoms with van der Waals surface area (Å²) < 4.78 is 0. The van der Waals surface area contributed by atoms with E-state index in [9.17, 15) is 4.79 Å². The van der Waals surface area contributed by atoms with E-state index in [-0.39, 0.29) is 17.4 Å². The number of piperidine rings is 1. The molecule has 5 nitrogen and oxygen atoms in total. The van der Waals surface area contributed by atoms with Gasteiger partial charge >= 0.3 is 0 Å². The van der Waals surface area contributed by atoms with Crippen LogP contribution in [0.4, 0.5) is 0 Å². The predicted molar refractivity (Wildman–Crippen MR) is 91.2 cm³/mol. The molecular weight excluding hydrogens is 300 g/mol. The Hall–Kier alpha value is -2.27. The Kier molecular flexibility index (Phi) is 4.02. The maximum Gasteiger partial charge on any atom is 0.228 e. The highest BCUT2D eigenvalue weighted by Crippen LogP contribution is 2.39. The number of nitrogens with one attached hydrogen (secondary N) is 1. The topological polar surface area (TPSA) is 58.1 Å². The Morgan fingerprint density at radius 2 is 1.67 bits per heavy atom. The highest BCUT2D eigenvalue weighted by molar-refractivity contribution is 5.87. The van der Waals surface area contributed by atoms with Gasteiger partial charge in [-0.25, -0.2) is 0 Å². The number of pyridine rings is 2. The van der Waals surface area contributed by atoms with Gasteiger partial charge in [-0.3, -0.25) is 19.7 Å². The maximum absolute atomic E-state index is 12.5. The van der Waals surface area contributed by atoms with E-state index >= 15 is 0 Å². The number of amides is 1. The fourth-order valence-corrected chi connectivity index (χ4v) is 3.96. The van der Waals surface area contributed by atoms with Crippen molar-refractivity contribution >= 4 is 5.91 Å². The van der Waals surface area contributed by atoms with Gasteiger partial charge in [-0.15, -0.1) is 0 Å². The first kappa shape index (κ1) is 15.3. The van der Waals surface area contributed by atoms with E-state index in [1.54, 1.807) is 12.4 Å². The Morgan fingerprint density at radius 3 is 2.33 bits per heavy atom.